The molecule has 0 aliphatic carbocycles. The summed E-state index contributed by atoms with van der Waals surface area (Å²) in [5, 5.41) is 9.06. The predicted octanol–water partition coefficient (Wildman–Crippen LogP) is 1.84. The molecule has 0 aliphatic heterocycles. The molecule has 3 N–H and O–H groups in total. The zero-order chi connectivity index (χ0) is 12.6. The molecule has 0 fully saturated rings. The first-order chi connectivity index (χ1) is 7.45. The van der Waals surface area contributed by atoms with E-state index in [1.165, 1.54) is 13.0 Å². The van der Waals surface area contributed by atoms with Crippen molar-refractivity contribution in [3.63, 3.8) is 0 Å². The van der Waals surface area contributed by atoms with Crippen LogP contribution in [0, 0.1) is 5.92 Å². The second-order valence-corrected chi connectivity index (χ2v) is 5.32. The molecule has 3 heteroatoms. The molecular weight excluding hydrogens is 200 g/mol. The molecule has 98 valence electrons. The topological polar surface area (TPSA) is 49.5 Å². The van der Waals surface area contributed by atoms with Crippen LogP contribution in [0.5, 0.6) is 0 Å². The molecule has 0 aromatic heterocycles. The van der Waals surface area contributed by atoms with Crippen LogP contribution in [0.3, 0.4) is 0 Å². The van der Waals surface area contributed by atoms with Crippen LogP contribution < -0.4 is 5.73 Å². The van der Waals surface area contributed by atoms with Crippen molar-refractivity contribution >= 4 is 0 Å². The highest BCUT2D eigenvalue weighted by atomic mass is 16.3. The minimum atomic E-state index is -0.407. The lowest BCUT2D eigenvalue weighted by molar-refractivity contribution is 0.184. The molecule has 0 heterocycles. The minimum Gasteiger partial charge on any atom is -0.394 e. The first-order valence-electron chi connectivity index (χ1n) is 6.57. The summed E-state index contributed by atoms with van der Waals surface area (Å²) in [6, 6.07) is 0. The van der Waals surface area contributed by atoms with Gasteiger partial charge in [0.15, 0.2) is 0 Å². The summed E-state index contributed by atoms with van der Waals surface area (Å²) in [5.41, 5.74) is 5.50. The highest BCUT2D eigenvalue weighted by Gasteiger charge is 2.17. The van der Waals surface area contributed by atoms with Gasteiger partial charge in [0.2, 0.25) is 0 Å². The number of hydrogen-bond donors (Lipinski definition) is 2. The number of nitrogens with two attached hydrogens (primary N) is 1. The molecule has 0 amide bonds. The van der Waals surface area contributed by atoms with Crippen molar-refractivity contribution in [2.45, 2.75) is 52.5 Å². The maximum atomic E-state index is 9.06. The van der Waals surface area contributed by atoms with E-state index in [9.17, 15) is 0 Å². The fourth-order valence-electron chi connectivity index (χ4n) is 1.73. The van der Waals surface area contributed by atoms with Crippen LogP contribution >= 0.6 is 0 Å². The Morgan fingerprint density at radius 2 is 2.00 bits per heavy atom. The van der Waals surface area contributed by atoms with Gasteiger partial charge in [-0.05, 0) is 38.8 Å². The minimum absolute atomic E-state index is 0.0739. The van der Waals surface area contributed by atoms with E-state index in [0.29, 0.717) is 0 Å². The van der Waals surface area contributed by atoms with Gasteiger partial charge in [-0.2, -0.15) is 0 Å². The van der Waals surface area contributed by atoms with E-state index in [1.807, 2.05) is 6.92 Å². The number of nitrogens with zero attached hydrogens (tertiary/aromatic N) is 1. The summed E-state index contributed by atoms with van der Waals surface area (Å²) in [6.45, 7) is 12.1. The van der Waals surface area contributed by atoms with E-state index in [2.05, 4.69) is 25.7 Å². The SMILES string of the molecule is CCC(C)CN(CC)CCCC(C)(N)CO. The molecule has 0 saturated carbocycles. The van der Waals surface area contributed by atoms with Crippen molar-refractivity contribution in [2.75, 3.05) is 26.2 Å². The fraction of sp³-hybridized carbons (Fsp3) is 1.00. The van der Waals surface area contributed by atoms with E-state index in [0.717, 1.165) is 31.8 Å². The Labute approximate surface area is 101 Å². The van der Waals surface area contributed by atoms with Crippen molar-refractivity contribution in [1.29, 1.82) is 0 Å². The summed E-state index contributed by atoms with van der Waals surface area (Å²) in [6.07, 6.45) is 3.19. The zero-order valence-electron chi connectivity index (χ0n) is 11.5. The van der Waals surface area contributed by atoms with E-state index in [4.69, 9.17) is 10.8 Å². The van der Waals surface area contributed by atoms with Crippen molar-refractivity contribution in [3.8, 4) is 0 Å². The molecule has 0 radical (unpaired) electrons. The smallest absolute Gasteiger partial charge is 0.0608 e. The summed E-state index contributed by atoms with van der Waals surface area (Å²) in [4.78, 5) is 2.47. The molecule has 2 atom stereocenters. The van der Waals surface area contributed by atoms with Crippen LogP contribution in [0.1, 0.15) is 47.0 Å². The molecule has 0 aliphatic rings. The van der Waals surface area contributed by atoms with Gasteiger partial charge in [-0.25, -0.2) is 0 Å². The van der Waals surface area contributed by atoms with Crippen LogP contribution in [0.4, 0.5) is 0 Å². The number of aliphatic hydroxyl groups excluding tert-OH is 1. The Morgan fingerprint density at radius 3 is 2.44 bits per heavy atom. The molecule has 3 nitrogen and oxygen atoms in total. The van der Waals surface area contributed by atoms with Crippen LogP contribution in [0.2, 0.25) is 0 Å². The average molecular weight is 230 g/mol. The molecule has 0 aromatic rings. The molecular formula is C13H30N2O. The van der Waals surface area contributed by atoms with Crippen LogP contribution in [0.15, 0.2) is 0 Å². The monoisotopic (exact) mass is 230 g/mol. The lowest BCUT2D eigenvalue weighted by Gasteiger charge is -2.26. The number of rotatable bonds is 9. The largest absolute Gasteiger partial charge is 0.394 e. The third-order valence-electron chi connectivity index (χ3n) is 3.30. The maximum Gasteiger partial charge on any atom is 0.0608 e. The van der Waals surface area contributed by atoms with Crippen LogP contribution in [-0.4, -0.2) is 41.8 Å². The van der Waals surface area contributed by atoms with E-state index >= 15 is 0 Å². The number of aliphatic hydroxyl groups is 1. The van der Waals surface area contributed by atoms with Crippen molar-refractivity contribution in [2.24, 2.45) is 11.7 Å². The molecule has 2 unspecified atom stereocenters. The quantitative estimate of drug-likeness (QED) is 0.635. The summed E-state index contributed by atoms with van der Waals surface area (Å²) in [5.74, 6) is 0.766. The molecule has 0 bridgehead atoms. The standard InChI is InChI=1S/C13H30N2O/c1-5-12(3)10-15(6-2)9-7-8-13(4,14)11-16/h12,16H,5-11,14H2,1-4H3. The lowest BCUT2D eigenvalue weighted by Crippen LogP contribution is -2.41. The Morgan fingerprint density at radius 1 is 1.38 bits per heavy atom. The highest BCUT2D eigenvalue weighted by molar-refractivity contribution is 4.77. The lowest BCUT2D eigenvalue weighted by atomic mass is 9.98. The van der Waals surface area contributed by atoms with Gasteiger partial charge in [-0.1, -0.05) is 27.2 Å². The van der Waals surface area contributed by atoms with Gasteiger partial charge < -0.3 is 15.7 Å². The average Bonchev–Trinajstić information content (AvgIpc) is 2.27. The summed E-state index contributed by atoms with van der Waals surface area (Å²) < 4.78 is 0. The van der Waals surface area contributed by atoms with Crippen molar-refractivity contribution < 1.29 is 5.11 Å². The highest BCUT2D eigenvalue weighted by Crippen LogP contribution is 2.10. The molecule has 0 spiro atoms. The Hall–Kier alpha value is -0.120. The summed E-state index contributed by atoms with van der Waals surface area (Å²) in [7, 11) is 0. The van der Waals surface area contributed by atoms with Crippen LogP contribution in [0.25, 0.3) is 0 Å². The normalized spacial score (nSPS) is 17.4. The molecule has 0 saturated heterocycles. The van der Waals surface area contributed by atoms with Gasteiger partial charge in [0, 0.05) is 12.1 Å². The Balaban J connectivity index is 3.79. The van der Waals surface area contributed by atoms with E-state index in [1.54, 1.807) is 0 Å². The van der Waals surface area contributed by atoms with Gasteiger partial charge in [0.1, 0.15) is 0 Å². The third-order valence-corrected chi connectivity index (χ3v) is 3.30. The summed E-state index contributed by atoms with van der Waals surface area (Å²) >= 11 is 0. The second kappa shape index (κ2) is 8.04. The first kappa shape index (κ1) is 15.9. The zero-order valence-corrected chi connectivity index (χ0v) is 11.5. The Bertz CT molecular complexity index is 171. The van der Waals surface area contributed by atoms with Gasteiger partial charge in [0.05, 0.1) is 6.61 Å². The molecule has 0 aromatic carbocycles. The third kappa shape index (κ3) is 7.20. The van der Waals surface area contributed by atoms with Gasteiger partial charge in [-0.15, -0.1) is 0 Å². The van der Waals surface area contributed by atoms with Gasteiger partial charge in [-0.3, -0.25) is 0 Å². The number of hydrogen-bond acceptors (Lipinski definition) is 3. The first-order valence-corrected chi connectivity index (χ1v) is 6.57. The Kier molecular flexibility index (Phi) is 7.98. The van der Waals surface area contributed by atoms with Crippen LogP contribution in [-0.2, 0) is 0 Å². The molecule has 16 heavy (non-hydrogen) atoms. The van der Waals surface area contributed by atoms with E-state index in [-0.39, 0.29) is 6.61 Å². The predicted molar refractivity (Wildman–Crippen MR) is 70.5 cm³/mol. The molecule has 0 rings (SSSR count). The van der Waals surface area contributed by atoms with Crippen molar-refractivity contribution in [1.82, 2.24) is 4.90 Å². The van der Waals surface area contributed by atoms with Gasteiger partial charge >= 0.3 is 0 Å². The maximum absolute atomic E-state index is 9.06. The van der Waals surface area contributed by atoms with Gasteiger partial charge in [0.25, 0.3) is 0 Å². The van der Waals surface area contributed by atoms with E-state index < -0.39 is 5.54 Å². The van der Waals surface area contributed by atoms with Crippen molar-refractivity contribution in [3.05, 3.63) is 0 Å². The second-order valence-electron chi connectivity index (χ2n) is 5.32. The fourth-order valence-corrected chi connectivity index (χ4v) is 1.73.